The number of carbonyl (C=O) groups excluding carboxylic acids is 2. The van der Waals surface area contributed by atoms with Crippen molar-refractivity contribution in [2.45, 2.75) is 51.6 Å². The SMILES string of the molecule is CCn1nc(C2CC2)cc1C(=O)N1c2ccccc2NC(=O)C1(C)C. The summed E-state index contributed by atoms with van der Waals surface area (Å²) in [4.78, 5) is 27.6. The van der Waals surface area contributed by atoms with Crippen LogP contribution in [0, 0.1) is 0 Å². The number of nitrogens with zero attached hydrogens (tertiary/aromatic N) is 3. The van der Waals surface area contributed by atoms with Crippen LogP contribution in [-0.4, -0.2) is 27.1 Å². The standard InChI is InChI=1S/C19H22N4O2/c1-4-22-16(11-14(21-22)12-9-10-12)17(24)23-15-8-6-5-7-13(15)20-18(25)19(23,2)3/h5-8,11-12H,4,9-10H2,1-3H3,(H,20,25). The average Bonchev–Trinajstić information content (AvgIpc) is 3.34. The van der Waals surface area contributed by atoms with E-state index in [0.29, 0.717) is 29.5 Å². The second kappa shape index (κ2) is 5.44. The molecular weight excluding hydrogens is 316 g/mol. The summed E-state index contributed by atoms with van der Waals surface area (Å²) >= 11 is 0. The number of para-hydroxylation sites is 2. The van der Waals surface area contributed by atoms with E-state index in [-0.39, 0.29) is 11.8 Å². The highest BCUT2D eigenvalue weighted by Crippen LogP contribution is 2.41. The highest BCUT2D eigenvalue weighted by molar-refractivity contribution is 6.17. The first-order chi connectivity index (χ1) is 11.9. The van der Waals surface area contributed by atoms with E-state index in [4.69, 9.17) is 0 Å². The minimum absolute atomic E-state index is 0.187. The number of rotatable bonds is 3. The van der Waals surface area contributed by atoms with Crippen molar-refractivity contribution in [3.05, 3.63) is 41.7 Å². The maximum Gasteiger partial charge on any atom is 0.277 e. The van der Waals surface area contributed by atoms with Crippen molar-refractivity contribution in [2.24, 2.45) is 0 Å². The molecule has 1 aliphatic heterocycles. The lowest BCUT2D eigenvalue weighted by molar-refractivity contribution is -0.120. The van der Waals surface area contributed by atoms with Gasteiger partial charge in [0.2, 0.25) is 5.91 Å². The van der Waals surface area contributed by atoms with E-state index in [1.54, 1.807) is 23.4 Å². The molecule has 2 aromatic rings. The Bertz CT molecular complexity index is 864. The van der Waals surface area contributed by atoms with Gasteiger partial charge < -0.3 is 5.32 Å². The van der Waals surface area contributed by atoms with Gasteiger partial charge in [-0.05, 0) is 51.8 Å². The molecule has 6 nitrogen and oxygen atoms in total. The molecule has 1 aromatic heterocycles. The predicted molar refractivity (Wildman–Crippen MR) is 95.8 cm³/mol. The van der Waals surface area contributed by atoms with Gasteiger partial charge in [-0.25, -0.2) is 0 Å². The molecular formula is C19H22N4O2. The van der Waals surface area contributed by atoms with E-state index >= 15 is 0 Å². The van der Waals surface area contributed by atoms with E-state index < -0.39 is 5.54 Å². The van der Waals surface area contributed by atoms with Gasteiger partial charge in [0.05, 0.1) is 17.1 Å². The molecule has 4 rings (SSSR count). The fraction of sp³-hybridized carbons (Fsp3) is 0.421. The Labute approximate surface area is 146 Å². The van der Waals surface area contributed by atoms with Crippen LogP contribution >= 0.6 is 0 Å². The summed E-state index contributed by atoms with van der Waals surface area (Å²) in [6.45, 7) is 6.13. The van der Waals surface area contributed by atoms with Crippen LogP contribution in [-0.2, 0) is 11.3 Å². The quantitative estimate of drug-likeness (QED) is 0.935. The minimum atomic E-state index is -0.978. The Hall–Kier alpha value is -2.63. The molecule has 2 aliphatic rings. The fourth-order valence-electron chi connectivity index (χ4n) is 3.36. The van der Waals surface area contributed by atoms with Crippen LogP contribution in [0.15, 0.2) is 30.3 Å². The number of aromatic nitrogens is 2. The first-order valence-electron chi connectivity index (χ1n) is 8.76. The largest absolute Gasteiger partial charge is 0.322 e. The summed E-state index contributed by atoms with van der Waals surface area (Å²) in [7, 11) is 0. The second-order valence-electron chi connectivity index (χ2n) is 7.22. The zero-order chi connectivity index (χ0) is 17.8. The molecule has 1 aliphatic carbocycles. The molecule has 2 amide bonds. The zero-order valence-electron chi connectivity index (χ0n) is 14.7. The summed E-state index contributed by atoms with van der Waals surface area (Å²) in [5.74, 6) is 0.0994. The van der Waals surface area contributed by atoms with Gasteiger partial charge in [0.15, 0.2) is 0 Å². The number of hydrogen-bond donors (Lipinski definition) is 1. The molecule has 25 heavy (non-hydrogen) atoms. The molecule has 0 radical (unpaired) electrons. The summed E-state index contributed by atoms with van der Waals surface area (Å²) in [5, 5.41) is 7.49. The van der Waals surface area contributed by atoms with Crippen molar-refractivity contribution in [1.29, 1.82) is 0 Å². The lowest BCUT2D eigenvalue weighted by Gasteiger charge is -2.41. The first-order valence-corrected chi connectivity index (χ1v) is 8.76. The maximum atomic E-state index is 13.4. The molecule has 0 unspecified atom stereocenters. The molecule has 1 saturated carbocycles. The number of carbonyl (C=O) groups is 2. The van der Waals surface area contributed by atoms with Gasteiger partial charge in [-0.1, -0.05) is 12.1 Å². The van der Waals surface area contributed by atoms with Gasteiger partial charge in [0, 0.05) is 12.5 Å². The molecule has 0 bridgehead atoms. The smallest absolute Gasteiger partial charge is 0.277 e. The van der Waals surface area contributed by atoms with Gasteiger partial charge >= 0.3 is 0 Å². The van der Waals surface area contributed by atoms with Crippen molar-refractivity contribution in [3.63, 3.8) is 0 Å². The van der Waals surface area contributed by atoms with Gasteiger partial charge in [0.1, 0.15) is 11.2 Å². The average molecular weight is 338 g/mol. The minimum Gasteiger partial charge on any atom is -0.322 e. The summed E-state index contributed by atoms with van der Waals surface area (Å²) in [5.41, 5.74) is 1.92. The third kappa shape index (κ3) is 2.44. The lowest BCUT2D eigenvalue weighted by atomic mass is 9.95. The van der Waals surface area contributed by atoms with Crippen LogP contribution in [0.25, 0.3) is 0 Å². The normalized spacial score (nSPS) is 18.7. The van der Waals surface area contributed by atoms with Crippen molar-refractivity contribution in [2.75, 3.05) is 10.2 Å². The highest BCUT2D eigenvalue weighted by atomic mass is 16.2. The van der Waals surface area contributed by atoms with E-state index in [9.17, 15) is 9.59 Å². The third-order valence-electron chi connectivity index (χ3n) is 5.02. The van der Waals surface area contributed by atoms with Crippen molar-refractivity contribution < 1.29 is 9.59 Å². The van der Waals surface area contributed by atoms with Crippen LogP contribution in [0.1, 0.15) is 55.7 Å². The first kappa shape index (κ1) is 15.9. The molecule has 0 saturated heterocycles. The van der Waals surface area contributed by atoms with E-state index in [0.717, 1.165) is 18.5 Å². The molecule has 6 heteroatoms. The Morgan fingerprint density at radius 1 is 1.32 bits per heavy atom. The Balaban J connectivity index is 1.82. The molecule has 1 N–H and O–H groups in total. The lowest BCUT2D eigenvalue weighted by Crippen LogP contribution is -2.58. The highest BCUT2D eigenvalue weighted by Gasteiger charge is 2.44. The van der Waals surface area contributed by atoms with Crippen LogP contribution < -0.4 is 10.2 Å². The van der Waals surface area contributed by atoms with Crippen molar-refractivity contribution in [1.82, 2.24) is 9.78 Å². The number of amides is 2. The number of aryl methyl sites for hydroxylation is 1. The van der Waals surface area contributed by atoms with Gasteiger partial charge in [-0.15, -0.1) is 0 Å². The second-order valence-corrected chi connectivity index (χ2v) is 7.22. The topological polar surface area (TPSA) is 67.2 Å². The van der Waals surface area contributed by atoms with Gasteiger partial charge in [-0.3, -0.25) is 19.2 Å². The monoisotopic (exact) mass is 338 g/mol. The van der Waals surface area contributed by atoms with Crippen LogP contribution in [0.2, 0.25) is 0 Å². The van der Waals surface area contributed by atoms with Crippen LogP contribution in [0.4, 0.5) is 11.4 Å². The molecule has 1 fully saturated rings. The molecule has 2 heterocycles. The van der Waals surface area contributed by atoms with Crippen LogP contribution in [0.5, 0.6) is 0 Å². The molecule has 0 spiro atoms. The van der Waals surface area contributed by atoms with E-state index in [1.807, 2.05) is 37.3 Å². The van der Waals surface area contributed by atoms with E-state index in [1.165, 1.54) is 0 Å². The van der Waals surface area contributed by atoms with Crippen molar-refractivity contribution >= 4 is 23.2 Å². The number of fused-ring (bicyclic) bond motifs is 1. The Morgan fingerprint density at radius 2 is 2.04 bits per heavy atom. The number of nitrogens with one attached hydrogen (secondary N) is 1. The third-order valence-corrected chi connectivity index (χ3v) is 5.02. The maximum absolute atomic E-state index is 13.4. The summed E-state index contributed by atoms with van der Waals surface area (Å²) in [6.07, 6.45) is 2.27. The fourth-order valence-corrected chi connectivity index (χ4v) is 3.36. The van der Waals surface area contributed by atoms with E-state index in [2.05, 4.69) is 10.4 Å². The predicted octanol–water partition coefficient (Wildman–Crippen LogP) is 3.16. The number of benzene rings is 1. The number of anilines is 2. The Kier molecular flexibility index (Phi) is 3.45. The summed E-state index contributed by atoms with van der Waals surface area (Å²) in [6, 6.07) is 9.30. The molecule has 1 aromatic carbocycles. The van der Waals surface area contributed by atoms with Crippen molar-refractivity contribution in [3.8, 4) is 0 Å². The van der Waals surface area contributed by atoms with Gasteiger partial charge in [-0.2, -0.15) is 5.10 Å². The molecule has 0 atom stereocenters. The Morgan fingerprint density at radius 3 is 2.72 bits per heavy atom. The zero-order valence-corrected chi connectivity index (χ0v) is 14.7. The van der Waals surface area contributed by atoms with Gasteiger partial charge in [0.25, 0.3) is 5.91 Å². The van der Waals surface area contributed by atoms with Crippen LogP contribution in [0.3, 0.4) is 0 Å². The summed E-state index contributed by atoms with van der Waals surface area (Å²) < 4.78 is 1.75. The number of hydrogen-bond acceptors (Lipinski definition) is 3. The molecule has 130 valence electrons.